The fraction of sp³-hybridized carbons (Fsp3) is 0.333. The molecule has 0 aliphatic carbocycles. The highest BCUT2D eigenvalue weighted by atomic mass is 32.1. The van der Waals surface area contributed by atoms with Crippen LogP contribution in [0.15, 0.2) is 29.7 Å². The van der Waals surface area contributed by atoms with Gasteiger partial charge in [-0.25, -0.2) is 0 Å². The van der Waals surface area contributed by atoms with Crippen LogP contribution in [0.5, 0.6) is 0 Å². The van der Waals surface area contributed by atoms with E-state index < -0.39 is 0 Å². The number of hydrogen-bond acceptors (Lipinski definition) is 2. The normalized spacial score (nSPS) is 13.1. The van der Waals surface area contributed by atoms with Gasteiger partial charge >= 0.3 is 0 Å². The Labute approximate surface area is 97.2 Å². The van der Waals surface area contributed by atoms with Gasteiger partial charge in [0.05, 0.1) is 0 Å². The Morgan fingerprint density at radius 3 is 2.29 bits per heavy atom. The van der Waals surface area contributed by atoms with Gasteiger partial charge in [0.1, 0.15) is 0 Å². The summed E-state index contributed by atoms with van der Waals surface area (Å²) in [5.41, 5.74) is 2.61. The van der Waals surface area contributed by atoms with Crippen LogP contribution in [-0.2, 0) is 5.41 Å². The molecule has 1 aromatic rings. The fourth-order valence-electron chi connectivity index (χ4n) is 1.43. The molecule has 0 heterocycles. The van der Waals surface area contributed by atoms with Gasteiger partial charge in [-0.3, -0.25) is 0 Å². The van der Waals surface area contributed by atoms with Crippen LogP contribution in [0.4, 0.5) is 0 Å². The summed E-state index contributed by atoms with van der Waals surface area (Å²) in [7, 11) is 0. The topological polar surface area (TPSA) is 0 Å². The maximum absolute atomic E-state index is 4.41. The fourth-order valence-corrected chi connectivity index (χ4v) is 1.76. The van der Waals surface area contributed by atoms with Gasteiger partial charge in [0, 0.05) is 4.91 Å². The van der Waals surface area contributed by atoms with Gasteiger partial charge in [-0.15, -0.1) is 12.6 Å². The van der Waals surface area contributed by atoms with Crippen LogP contribution in [0.3, 0.4) is 0 Å². The van der Waals surface area contributed by atoms with Crippen LogP contribution in [-0.4, -0.2) is 0 Å². The zero-order chi connectivity index (χ0) is 10.8. The molecule has 0 unspecified atom stereocenters. The lowest BCUT2D eigenvalue weighted by molar-refractivity contribution is 0.589. The minimum atomic E-state index is 0.140. The second-order valence-electron chi connectivity index (χ2n) is 4.31. The minimum absolute atomic E-state index is 0.140. The van der Waals surface area contributed by atoms with Crippen molar-refractivity contribution < 1.29 is 0 Å². The summed E-state index contributed by atoms with van der Waals surface area (Å²) in [4.78, 5) is 0.916. The smallest absolute Gasteiger partial charge is 0.0176 e. The van der Waals surface area contributed by atoms with Crippen LogP contribution < -0.4 is 0 Å². The molecule has 2 heteroatoms. The maximum atomic E-state index is 4.41. The molecule has 0 nitrogen and oxygen atoms in total. The number of hydrogen-bond donors (Lipinski definition) is 2. The van der Waals surface area contributed by atoms with E-state index in [1.54, 1.807) is 5.41 Å². The summed E-state index contributed by atoms with van der Waals surface area (Å²) in [5, 5.41) is 1.73. The second kappa shape index (κ2) is 4.45. The third-order valence-corrected chi connectivity index (χ3v) is 2.97. The minimum Gasteiger partial charge on any atom is -0.150 e. The van der Waals surface area contributed by atoms with E-state index in [1.807, 2.05) is 6.07 Å². The maximum Gasteiger partial charge on any atom is 0.0176 e. The van der Waals surface area contributed by atoms with E-state index in [-0.39, 0.29) is 5.41 Å². The van der Waals surface area contributed by atoms with Crippen LogP contribution in [0.25, 0.3) is 4.91 Å². The third kappa shape index (κ3) is 2.58. The number of benzene rings is 1. The molecule has 0 aromatic heterocycles. The van der Waals surface area contributed by atoms with E-state index >= 15 is 0 Å². The molecule has 76 valence electrons. The molecule has 0 saturated carbocycles. The molecule has 0 fully saturated rings. The average Bonchev–Trinajstić information content (AvgIpc) is 2.15. The van der Waals surface area contributed by atoms with Crippen molar-refractivity contribution in [3.63, 3.8) is 0 Å². The Bertz CT molecular complexity index is 346. The Morgan fingerprint density at radius 2 is 1.79 bits per heavy atom. The Hall–Kier alpha value is -0.340. The van der Waals surface area contributed by atoms with Gasteiger partial charge in [0.25, 0.3) is 0 Å². The predicted octanol–water partition coefficient (Wildman–Crippen LogP) is 4.14. The number of thiol groups is 2. The first-order valence-corrected chi connectivity index (χ1v) is 5.56. The van der Waals surface area contributed by atoms with E-state index in [9.17, 15) is 0 Å². The van der Waals surface area contributed by atoms with E-state index in [2.05, 4.69) is 64.2 Å². The van der Waals surface area contributed by atoms with Crippen molar-refractivity contribution in [2.24, 2.45) is 0 Å². The first kappa shape index (κ1) is 11.7. The van der Waals surface area contributed by atoms with Gasteiger partial charge in [0.15, 0.2) is 0 Å². The summed E-state index contributed by atoms with van der Waals surface area (Å²) in [5.74, 6) is 0. The van der Waals surface area contributed by atoms with Gasteiger partial charge < -0.3 is 0 Å². The molecule has 1 aromatic carbocycles. The zero-order valence-electron chi connectivity index (χ0n) is 8.78. The van der Waals surface area contributed by atoms with Crippen LogP contribution in [0, 0.1) is 0 Å². The van der Waals surface area contributed by atoms with Gasteiger partial charge in [-0.05, 0) is 21.9 Å². The van der Waals surface area contributed by atoms with Crippen molar-refractivity contribution in [1.29, 1.82) is 0 Å². The average molecular weight is 224 g/mol. The van der Waals surface area contributed by atoms with Crippen molar-refractivity contribution in [1.82, 2.24) is 0 Å². The van der Waals surface area contributed by atoms with E-state index in [4.69, 9.17) is 0 Å². The molecule has 0 atom stereocenters. The molecule has 0 amide bonds. The molecule has 14 heavy (non-hydrogen) atoms. The van der Waals surface area contributed by atoms with Crippen molar-refractivity contribution in [3.8, 4) is 0 Å². The summed E-state index contributed by atoms with van der Waals surface area (Å²) in [6, 6.07) is 8.31. The number of rotatable bonds is 1. The molecule has 0 spiro atoms. The summed E-state index contributed by atoms with van der Waals surface area (Å²) < 4.78 is 0. The summed E-state index contributed by atoms with van der Waals surface area (Å²) in [6.45, 7) is 6.60. The standard InChI is InChI=1S/C12H16S2/c1-12(2,3)10-7-5-4-6-9(10)11(14)8-13/h4-8,13-14H,1-3H3. The van der Waals surface area contributed by atoms with Crippen molar-refractivity contribution >= 4 is 30.2 Å². The summed E-state index contributed by atoms with van der Waals surface area (Å²) in [6.07, 6.45) is 0. The van der Waals surface area contributed by atoms with Crippen molar-refractivity contribution in [2.45, 2.75) is 26.2 Å². The molecule has 0 saturated heterocycles. The quantitative estimate of drug-likeness (QED) is 0.658. The lowest BCUT2D eigenvalue weighted by Crippen LogP contribution is -2.13. The molecule has 0 aliphatic heterocycles. The molecule has 0 bridgehead atoms. The van der Waals surface area contributed by atoms with Gasteiger partial charge in [0.2, 0.25) is 0 Å². The Morgan fingerprint density at radius 1 is 1.21 bits per heavy atom. The molecular formula is C12H16S2. The van der Waals surface area contributed by atoms with Gasteiger partial charge in [-0.1, -0.05) is 45.0 Å². The second-order valence-corrected chi connectivity index (χ2v) is 5.05. The first-order chi connectivity index (χ1) is 6.46. The molecule has 0 aliphatic rings. The lowest BCUT2D eigenvalue weighted by atomic mass is 9.84. The molecule has 0 N–H and O–H groups in total. The first-order valence-electron chi connectivity index (χ1n) is 4.60. The highest BCUT2D eigenvalue weighted by Gasteiger charge is 2.17. The van der Waals surface area contributed by atoms with E-state index in [0.29, 0.717) is 0 Å². The third-order valence-electron chi connectivity index (χ3n) is 2.13. The monoisotopic (exact) mass is 224 g/mol. The van der Waals surface area contributed by atoms with Crippen LogP contribution in [0.2, 0.25) is 0 Å². The van der Waals surface area contributed by atoms with Crippen molar-refractivity contribution in [3.05, 3.63) is 40.8 Å². The highest BCUT2D eigenvalue weighted by Crippen LogP contribution is 2.31. The lowest BCUT2D eigenvalue weighted by Gasteiger charge is -2.22. The largest absolute Gasteiger partial charge is 0.150 e. The van der Waals surface area contributed by atoms with Crippen LogP contribution in [0.1, 0.15) is 31.9 Å². The summed E-state index contributed by atoms with van der Waals surface area (Å²) >= 11 is 8.54. The van der Waals surface area contributed by atoms with Crippen molar-refractivity contribution in [2.75, 3.05) is 0 Å². The Balaban J connectivity index is 3.31. The van der Waals surface area contributed by atoms with Gasteiger partial charge in [-0.2, -0.15) is 12.6 Å². The molecular weight excluding hydrogens is 208 g/mol. The molecule has 1 rings (SSSR count). The van der Waals surface area contributed by atoms with E-state index in [0.717, 1.165) is 4.91 Å². The van der Waals surface area contributed by atoms with Crippen LogP contribution >= 0.6 is 25.3 Å². The predicted molar refractivity (Wildman–Crippen MR) is 71.1 cm³/mol. The highest BCUT2D eigenvalue weighted by molar-refractivity contribution is 7.92. The van der Waals surface area contributed by atoms with E-state index in [1.165, 1.54) is 11.1 Å². The molecule has 0 radical (unpaired) electrons. The SMILES string of the molecule is CC(C)(C)c1ccccc1C(S)=CS. The Kier molecular flexibility index (Phi) is 3.73. The zero-order valence-corrected chi connectivity index (χ0v) is 10.6.